The minimum absolute atomic E-state index is 0.0155. The Kier molecular flexibility index (Phi) is 7.48. The van der Waals surface area contributed by atoms with Crippen molar-refractivity contribution < 1.29 is 13.9 Å². The zero-order valence-corrected chi connectivity index (χ0v) is 20.0. The summed E-state index contributed by atoms with van der Waals surface area (Å²) in [6.07, 6.45) is 2.76. The van der Waals surface area contributed by atoms with E-state index in [0.717, 1.165) is 30.9 Å². The predicted octanol–water partition coefficient (Wildman–Crippen LogP) is 3.94. The first-order chi connectivity index (χ1) is 15.9. The highest BCUT2D eigenvalue weighted by Crippen LogP contribution is 2.32. The third kappa shape index (κ3) is 5.63. The molecular weight excluding hydrogens is 488 g/mol. The molecule has 0 saturated carbocycles. The number of para-hydroxylation sites is 1. The van der Waals surface area contributed by atoms with E-state index in [-0.39, 0.29) is 17.9 Å². The van der Waals surface area contributed by atoms with Crippen LogP contribution in [0, 0.1) is 11.6 Å². The molecule has 1 aliphatic rings. The topological polar surface area (TPSA) is 57.4 Å². The van der Waals surface area contributed by atoms with Crippen molar-refractivity contribution in [2.75, 3.05) is 36.8 Å². The maximum atomic E-state index is 14.6. The van der Waals surface area contributed by atoms with Crippen molar-refractivity contribution in [2.24, 2.45) is 0 Å². The van der Waals surface area contributed by atoms with Gasteiger partial charge in [-0.25, -0.2) is 18.4 Å². The zero-order chi connectivity index (χ0) is 23.4. The minimum atomic E-state index is -1.67. The fourth-order valence-corrected chi connectivity index (χ4v) is 5.36. The highest BCUT2D eigenvalue weighted by Gasteiger charge is 2.35. The summed E-state index contributed by atoms with van der Waals surface area (Å²) in [6.45, 7) is 2.85. The number of halogens is 3. The molecule has 4 rings (SSSR count). The first-order valence-electron chi connectivity index (χ1n) is 10.3. The van der Waals surface area contributed by atoms with E-state index in [1.165, 1.54) is 35.2 Å². The molecule has 1 fully saturated rings. The number of benzene rings is 2. The lowest BCUT2D eigenvalue weighted by Gasteiger charge is -2.38. The molecular formula is C22H22ClF2N5OS2. The van der Waals surface area contributed by atoms with Gasteiger partial charge in [-0.05, 0) is 18.2 Å². The fraction of sp³-hybridized carbons (Fsp3) is 0.318. The molecule has 0 radical (unpaired) electrons. The zero-order valence-electron chi connectivity index (χ0n) is 17.6. The third-order valence-corrected chi connectivity index (χ3v) is 7.55. The Bertz CT molecular complexity index is 1110. The number of rotatable bonds is 6. The second kappa shape index (κ2) is 10.3. The summed E-state index contributed by atoms with van der Waals surface area (Å²) in [7, 11) is 0. The smallest absolute Gasteiger partial charge is 0.137 e. The van der Waals surface area contributed by atoms with Crippen LogP contribution in [0.2, 0.25) is 5.02 Å². The average molecular weight is 510 g/mol. The van der Waals surface area contributed by atoms with E-state index in [9.17, 15) is 13.9 Å². The Balaban J connectivity index is 1.42. The number of aliphatic hydroxyl groups is 1. The molecule has 174 valence electrons. The molecule has 0 amide bonds. The van der Waals surface area contributed by atoms with Gasteiger partial charge in [-0.2, -0.15) is 5.10 Å². The standard InChI is InChI=1S/C22H22ClF2N5OS2/c23-18-3-1-2-4-20(18)28-7-9-29(10-8-28)21(32)33-13-22(31,12-30-15-26-14-27-30)17-6-5-16(24)11-19(17)25/h1-6,11,14-15,31H,7-10,12-13H2. The first-order valence-corrected chi connectivity index (χ1v) is 12.0. The molecule has 1 saturated heterocycles. The number of nitrogens with zero attached hydrogens (tertiary/aromatic N) is 5. The summed E-state index contributed by atoms with van der Waals surface area (Å²) in [5.41, 5.74) is -0.691. The van der Waals surface area contributed by atoms with Crippen LogP contribution >= 0.6 is 35.6 Å². The van der Waals surface area contributed by atoms with E-state index in [2.05, 4.69) is 19.9 Å². The molecule has 0 bridgehead atoms. The van der Waals surface area contributed by atoms with E-state index in [1.54, 1.807) is 0 Å². The van der Waals surface area contributed by atoms with Gasteiger partial charge in [0.25, 0.3) is 0 Å². The van der Waals surface area contributed by atoms with Gasteiger partial charge in [0, 0.05) is 43.6 Å². The Morgan fingerprint density at radius 3 is 2.58 bits per heavy atom. The monoisotopic (exact) mass is 509 g/mol. The fourth-order valence-electron chi connectivity index (χ4n) is 3.77. The van der Waals surface area contributed by atoms with Crippen LogP contribution in [0.15, 0.2) is 55.1 Å². The maximum Gasteiger partial charge on any atom is 0.137 e. The van der Waals surface area contributed by atoms with E-state index < -0.39 is 17.2 Å². The van der Waals surface area contributed by atoms with Crippen LogP contribution in [0.5, 0.6) is 0 Å². The summed E-state index contributed by atoms with van der Waals surface area (Å²) in [5.74, 6) is -1.46. The Morgan fingerprint density at radius 2 is 1.91 bits per heavy atom. The lowest BCUT2D eigenvalue weighted by Crippen LogP contribution is -2.48. The second-order valence-corrected chi connectivity index (χ2v) is 9.75. The molecule has 3 aromatic rings. The van der Waals surface area contributed by atoms with Gasteiger partial charge in [-0.1, -0.05) is 53.8 Å². The molecule has 6 nitrogen and oxygen atoms in total. The molecule has 1 unspecified atom stereocenters. The second-order valence-electron chi connectivity index (χ2n) is 7.73. The molecule has 1 N–H and O–H groups in total. The van der Waals surface area contributed by atoms with Crippen molar-refractivity contribution in [3.8, 4) is 0 Å². The van der Waals surface area contributed by atoms with Crippen molar-refractivity contribution in [3.05, 3.63) is 77.3 Å². The van der Waals surface area contributed by atoms with Crippen molar-refractivity contribution in [2.45, 2.75) is 12.1 Å². The van der Waals surface area contributed by atoms with Gasteiger partial charge in [0.1, 0.15) is 34.2 Å². The molecule has 1 aliphatic heterocycles. The predicted molar refractivity (Wildman–Crippen MR) is 131 cm³/mol. The van der Waals surface area contributed by atoms with Crippen molar-refractivity contribution in [3.63, 3.8) is 0 Å². The number of piperazine rings is 1. The lowest BCUT2D eigenvalue weighted by atomic mass is 9.95. The Morgan fingerprint density at radius 1 is 1.15 bits per heavy atom. The van der Waals surface area contributed by atoms with Crippen LogP contribution in [-0.4, -0.2) is 61.0 Å². The highest BCUT2D eigenvalue weighted by molar-refractivity contribution is 8.22. The molecule has 0 aliphatic carbocycles. The maximum absolute atomic E-state index is 14.6. The van der Waals surface area contributed by atoms with Gasteiger partial charge in [-0.15, -0.1) is 0 Å². The summed E-state index contributed by atoms with van der Waals surface area (Å²) < 4.78 is 30.0. The van der Waals surface area contributed by atoms with Crippen LogP contribution in [0.25, 0.3) is 0 Å². The quantitative estimate of drug-likeness (QED) is 0.505. The Hall–Kier alpha value is -2.27. The molecule has 33 heavy (non-hydrogen) atoms. The van der Waals surface area contributed by atoms with Crippen LogP contribution in [0.3, 0.4) is 0 Å². The largest absolute Gasteiger partial charge is 0.382 e. The van der Waals surface area contributed by atoms with E-state index in [1.807, 2.05) is 24.3 Å². The first kappa shape index (κ1) is 23.9. The average Bonchev–Trinajstić information content (AvgIpc) is 3.30. The summed E-state index contributed by atoms with van der Waals surface area (Å²) in [5, 5.41) is 16.1. The van der Waals surface area contributed by atoms with E-state index >= 15 is 0 Å². The number of hydrogen-bond donors (Lipinski definition) is 1. The van der Waals surface area contributed by atoms with Crippen molar-refractivity contribution in [1.29, 1.82) is 0 Å². The summed E-state index contributed by atoms with van der Waals surface area (Å²) in [6, 6.07) is 10.9. The molecule has 1 aromatic heterocycles. The van der Waals surface area contributed by atoms with Gasteiger partial charge < -0.3 is 14.9 Å². The van der Waals surface area contributed by atoms with Gasteiger partial charge >= 0.3 is 0 Å². The van der Waals surface area contributed by atoms with Gasteiger partial charge in [0.2, 0.25) is 0 Å². The van der Waals surface area contributed by atoms with Gasteiger partial charge in [0.05, 0.1) is 17.3 Å². The molecule has 1 atom stereocenters. The number of hydrogen-bond acceptors (Lipinski definition) is 6. The van der Waals surface area contributed by atoms with E-state index in [4.69, 9.17) is 23.8 Å². The SMILES string of the molecule is OC(CSC(=S)N1CCN(c2ccccc2Cl)CC1)(Cn1cncn1)c1ccc(F)cc1F. The van der Waals surface area contributed by atoms with Crippen LogP contribution in [0.1, 0.15) is 5.56 Å². The normalized spacial score (nSPS) is 16.0. The van der Waals surface area contributed by atoms with Gasteiger partial charge in [0.15, 0.2) is 0 Å². The third-order valence-electron chi connectivity index (χ3n) is 5.49. The molecule has 0 spiro atoms. The summed E-state index contributed by atoms with van der Waals surface area (Å²) in [4.78, 5) is 8.14. The number of thiocarbonyl (C=S) groups is 1. The highest BCUT2D eigenvalue weighted by atomic mass is 35.5. The summed E-state index contributed by atoms with van der Waals surface area (Å²) >= 11 is 13.2. The molecule has 2 heterocycles. The van der Waals surface area contributed by atoms with Crippen molar-refractivity contribution >= 4 is 45.6 Å². The van der Waals surface area contributed by atoms with E-state index in [0.29, 0.717) is 22.4 Å². The molecule has 2 aromatic carbocycles. The number of thioether (sulfide) groups is 1. The van der Waals surface area contributed by atoms with Crippen LogP contribution < -0.4 is 4.90 Å². The number of anilines is 1. The lowest BCUT2D eigenvalue weighted by molar-refractivity contribution is 0.0362. The van der Waals surface area contributed by atoms with Gasteiger partial charge in [-0.3, -0.25) is 0 Å². The minimum Gasteiger partial charge on any atom is -0.382 e. The van der Waals surface area contributed by atoms with Crippen LogP contribution in [0.4, 0.5) is 14.5 Å². The molecule has 11 heteroatoms. The number of aromatic nitrogens is 3. The van der Waals surface area contributed by atoms with Crippen LogP contribution in [-0.2, 0) is 12.1 Å². The van der Waals surface area contributed by atoms with Crippen molar-refractivity contribution in [1.82, 2.24) is 19.7 Å². The Labute approximate surface area is 205 Å².